The lowest BCUT2D eigenvalue weighted by molar-refractivity contribution is 0.105. The first kappa shape index (κ1) is 14.6. The number of nitrogens with zero attached hydrogens (tertiary/aromatic N) is 1. The Morgan fingerprint density at radius 2 is 2.05 bits per heavy atom. The molecule has 0 fully saturated rings. The van der Waals surface area contributed by atoms with Crippen molar-refractivity contribution in [3.05, 3.63) is 48.0 Å². The van der Waals surface area contributed by atoms with Gasteiger partial charge in [-0.15, -0.1) is 0 Å². The molecule has 2 aromatic carbocycles. The van der Waals surface area contributed by atoms with Crippen molar-refractivity contribution < 1.29 is 14.6 Å². The largest absolute Gasteiger partial charge is 0.436 e. The number of rotatable bonds is 5. The number of aryl methyl sites for hydroxylation is 1. The number of aliphatic hydroxyl groups is 2. The Balaban J connectivity index is 1.89. The summed E-state index contributed by atoms with van der Waals surface area (Å²) in [5.74, 6) is 0.598. The minimum atomic E-state index is -0.782. The zero-order valence-corrected chi connectivity index (χ0v) is 12.3. The molecule has 1 heterocycles. The second kappa shape index (κ2) is 6.17. The molecule has 0 radical (unpaired) electrons. The first-order valence-corrected chi connectivity index (χ1v) is 7.17. The minimum absolute atomic E-state index is 0.267. The van der Waals surface area contributed by atoms with E-state index in [0.717, 1.165) is 22.3 Å². The van der Waals surface area contributed by atoms with Gasteiger partial charge in [-0.25, -0.2) is 4.98 Å². The molecule has 5 heteroatoms. The number of aliphatic hydroxyl groups excluding tert-OH is 2. The Hall–Kier alpha value is -2.37. The summed E-state index contributed by atoms with van der Waals surface area (Å²) in [5, 5.41) is 21.2. The van der Waals surface area contributed by atoms with Crippen LogP contribution in [0, 0.1) is 6.92 Å². The second-order valence-corrected chi connectivity index (χ2v) is 5.23. The molecule has 1 unspecified atom stereocenters. The molecule has 0 amide bonds. The van der Waals surface area contributed by atoms with E-state index in [-0.39, 0.29) is 13.2 Å². The van der Waals surface area contributed by atoms with E-state index in [0.29, 0.717) is 11.5 Å². The van der Waals surface area contributed by atoms with Crippen molar-refractivity contribution in [3.63, 3.8) is 0 Å². The molecule has 3 aromatic rings. The number of benzene rings is 2. The Kier molecular flexibility index (Phi) is 4.09. The van der Waals surface area contributed by atoms with Gasteiger partial charge in [0.15, 0.2) is 5.58 Å². The van der Waals surface area contributed by atoms with Crippen LogP contribution in [0.4, 0.5) is 5.69 Å². The van der Waals surface area contributed by atoms with Gasteiger partial charge in [-0.2, -0.15) is 0 Å². The number of hydrogen-bond donors (Lipinski definition) is 3. The van der Waals surface area contributed by atoms with Crippen molar-refractivity contribution in [2.45, 2.75) is 13.0 Å². The van der Waals surface area contributed by atoms with Crippen molar-refractivity contribution in [2.75, 3.05) is 18.5 Å². The van der Waals surface area contributed by atoms with Gasteiger partial charge < -0.3 is 19.9 Å². The van der Waals surface area contributed by atoms with Crippen molar-refractivity contribution in [3.8, 4) is 11.5 Å². The Labute approximate surface area is 128 Å². The van der Waals surface area contributed by atoms with E-state index < -0.39 is 6.10 Å². The Morgan fingerprint density at radius 3 is 2.82 bits per heavy atom. The lowest BCUT2D eigenvalue weighted by atomic mass is 10.1. The van der Waals surface area contributed by atoms with E-state index in [2.05, 4.69) is 10.3 Å². The fourth-order valence-corrected chi connectivity index (χ4v) is 2.27. The lowest BCUT2D eigenvalue weighted by Crippen LogP contribution is -2.22. The summed E-state index contributed by atoms with van der Waals surface area (Å²) >= 11 is 0. The first-order chi connectivity index (χ1) is 10.7. The van der Waals surface area contributed by atoms with Gasteiger partial charge in [-0.05, 0) is 36.8 Å². The number of nitrogens with one attached hydrogen (secondary N) is 1. The summed E-state index contributed by atoms with van der Waals surface area (Å²) < 4.78 is 5.81. The van der Waals surface area contributed by atoms with Gasteiger partial charge in [0, 0.05) is 17.8 Å². The van der Waals surface area contributed by atoms with E-state index in [1.165, 1.54) is 0 Å². The van der Waals surface area contributed by atoms with Crippen molar-refractivity contribution in [1.29, 1.82) is 0 Å². The molecule has 5 nitrogen and oxygen atoms in total. The van der Waals surface area contributed by atoms with Gasteiger partial charge in [0.2, 0.25) is 5.89 Å². The van der Waals surface area contributed by atoms with Crippen LogP contribution in [-0.2, 0) is 0 Å². The molecule has 0 aliphatic carbocycles. The predicted octanol–water partition coefficient (Wildman–Crippen LogP) is 2.57. The molecule has 3 rings (SSSR count). The third-order valence-electron chi connectivity index (χ3n) is 3.52. The van der Waals surface area contributed by atoms with E-state index in [1.807, 2.05) is 49.4 Å². The summed E-state index contributed by atoms with van der Waals surface area (Å²) in [6.07, 6.45) is -0.782. The van der Waals surface area contributed by atoms with E-state index in [1.54, 1.807) is 0 Å². The molecular formula is C17H18N2O3. The predicted molar refractivity (Wildman–Crippen MR) is 85.8 cm³/mol. The third kappa shape index (κ3) is 2.95. The molecule has 114 valence electrons. The van der Waals surface area contributed by atoms with Gasteiger partial charge in [0.05, 0.1) is 12.7 Å². The standard InChI is InChI=1S/C17H18N2O3/c1-11-4-2-3-5-14(11)17-19-15-8-12(6-7-16(15)22-17)18-9-13(21)10-20/h2-8,13,18,20-21H,9-10H2,1H3. The van der Waals surface area contributed by atoms with Gasteiger partial charge in [-0.3, -0.25) is 0 Å². The molecule has 0 spiro atoms. The van der Waals surface area contributed by atoms with Crippen LogP contribution in [0.25, 0.3) is 22.6 Å². The zero-order chi connectivity index (χ0) is 15.5. The van der Waals surface area contributed by atoms with Gasteiger partial charge in [0.1, 0.15) is 5.52 Å². The highest BCUT2D eigenvalue weighted by Gasteiger charge is 2.11. The molecule has 0 saturated heterocycles. The van der Waals surface area contributed by atoms with Gasteiger partial charge in [0.25, 0.3) is 0 Å². The maximum atomic E-state index is 9.37. The minimum Gasteiger partial charge on any atom is -0.436 e. The number of hydrogen-bond acceptors (Lipinski definition) is 5. The second-order valence-electron chi connectivity index (χ2n) is 5.23. The molecule has 1 aromatic heterocycles. The van der Waals surface area contributed by atoms with Gasteiger partial charge in [-0.1, -0.05) is 18.2 Å². The SMILES string of the molecule is Cc1ccccc1-c1nc2cc(NCC(O)CO)ccc2o1. The van der Waals surface area contributed by atoms with Crippen LogP contribution in [0.2, 0.25) is 0 Å². The topological polar surface area (TPSA) is 78.5 Å². The smallest absolute Gasteiger partial charge is 0.227 e. The molecule has 0 bridgehead atoms. The highest BCUT2D eigenvalue weighted by Crippen LogP contribution is 2.28. The Morgan fingerprint density at radius 1 is 1.23 bits per heavy atom. The molecular weight excluding hydrogens is 280 g/mol. The number of anilines is 1. The molecule has 3 N–H and O–H groups in total. The maximum absolute atomic E-state index is 9.37. The van der Waals surface area contributed by atoms with E-state index in [4.69, 9.17) is 9.52 Å². The maximum Gasteiger partial charge on any atom is 0.227 e. The van der Waals surface area contributed by atoms with Crippen LogP contribution in [0.1, 0.15) is 5.56 Å². The monoisotopic (exact) mass is 298 g/mol. The van der Waals surface area contributed by atoms with Crippen molar-refractivity contribution >= 4 is 16.8 Å². The van der Waals surface area contributed by atoms with Crippen LogP contribution in [-0.4, -0.2) is 34.5 Å². The normalized spacial score (nSPS) is 12.5. The number of fused-ring (bicyclic) bond motifs is 1. The average molecular weight is 298 g/mol. The molecule has 1 atom stereocenters. The fourth-order valence-electron chi connectivity index (χ4n) is 2.27. The first-order valence-electron chi connectivity index (χ1n) is 7.17. The van der Waals surface area contributed by atoms with Gasteiger partial charge >= 0.3 is 0 Å². The average Bonchev–Trinajstić information content (AvgIpc) is 2.95. The molecule has 0 saturated carbocycles. The number of oxazole rings is 1. The van der Waals surface area contributed by atoms with Crippen LogP contribution >= 0.6 is 0 Å². The zero-order valence-electron chi connectivity index (χ0n) is 12.3. The number of aromatic nitrogens is 1. The molecule has 0 aliphatic heterocycles. The van der Waals surface area contributed by atoms with Crippen LogP contribution in [0.5, 0.6) is 0 Å². The highest BCUT2D eigenvalue weighted by atomic mass is 16.3. The summed E-state index contributed by atoms with van der Waals surface area (Å²) in [6, 6.07) is 13.5. The highest BCUT2D eigenvalue weighted by molar-refractivity contribution is 5.80. The van der Waals surface area contributed by atoms with Crippen molar-refractivity contribution in [2.24, 2.45) is 0 Å². The Bertz CT molecular complexity index is 782. The van der Waals surface area contributed by atoms with Crippen LogP contribution in [0.15, 0.2) is 46.9 Å². The van der Waals surface area contributed by atoms with Crippen LogP contribution in [0.3, 0.4) is 0 Å². The van der Waals surface area contributed by atoms with E-state index >= 15 is 0 Å². The molecule has 0 aliphatic rings. The van der Waals surface area contributed by atoms with Crippen LogP contribution < -0.4 is 5.32 Å². The quantitative estimate of drug-likeness (QED) is 0.674. The summed E-state index contributed by atoms with van der Waals surface area (Å²) in [6.45, 7) is 2.04. The fraction of sp³-hybridized carbons (Fsp3) is 0.235. The lowest BCUT2D eigenvalue weighted by Gasteiger charge is -2.09. The molecule has 22 heavy (non-hydrogen) atoms. The summed E-state index contributed by atoms with van der Waals surface area (Å²) in [5.41, 5.74) is 4.38. The van der Waals surface area contributed by atoms with E-state index in [9.17, 15) is 5.11 Å². The third-order valence-corrected chi connectivity index (χ3v) is 3.52. The summed E-state index contributed by atoms with van der Waals surface area (Å²) in [4.78, 5) is 4.53. The summed E-state index contributed by atoms with van der Waals surface area (Å²) in [7, 11) is 0. The van der Waals surface area contributed by atoms with Crippen molar-refractivity contribution in [1.82, 2.24) is 4.98 Å².